The third kappa shape index (κ3) is 3.36. The second kappa shape index (κ2) is 6.51. The summed E-state index contributed by atoms with van der Waals surface area (Å²) in [6, 6.07) is 0. The number of imidazole rings is 1. The number of rotatable bonds is 5. The van der Waals surface area contributed by atoms with E-state index in [1.807, 2.05) is 0 Å². The van der Waals surface area contributed by atoms with Crippen molar-refractivity contribution >= 4 is 11.8 Å². The quantitative estimate of drug-likeness (QED) is 0.790. The summed E-state index contributed by atoms with van der Waals surface area (Å²) in [6.07, 6.45) is 5.34. The number of nitrogens with zero attached hydrogens (tertiary/aromatic N) is 4. The molecular weight excluding hydrogens is 258 g/mol. The fourth-order valence-corrected chi connectivity index (χ4v) is 2.28. The largest absolute Gasteiger partial charge is 0.341 e. The molecule has 7 heteroatoms. The van der Waals surface area contributed by atoms with Gasteiger partial charge in [0.15, 0.2) is 0 Å². The molecule has 2 heterocycles. The van der Waals surface area contributed by atoms with Crippen LogP contribution in [-0.2, 0) is 11.3 Å². The van der Waals surface area contributed by atoms with Gasteiger partial charge in [0.25, 0.3) is 5.91 Å². The molecule has 1 aromatic rings. The Bertz CT molecular complexity index is 479. The minimum Gasteiger partial charge on any atom is -0.341 e. The van der Waals surface area contributed by atoms with Gasteiger partial charge in [-0.25, -0.2) is 4.98 Å². The Morgan fingerprint density at radius 2 is 2.10 bits per heavy atom. The van der Waals surface area contributed by atoms with E-state index >= 15 is 0 Å². The highest BCUT2D eigenvalue weighted by atomic mass is 16.2. The molecule has 1 saturated heterocycles. The van der Waals surface area contributed by atoms with E-state index in [2.05, 4.69) is 4.98 Å². The van der Waals surface area contributed by atoms with Gasteiger partial charge in [-0.1, -0.05) is 0 Å². The summed E-state index contributed by atoms with van der Waals surface area (Å²) < 4.78 is 1.77. The first-order valence-corrected chi connectivity index (χ1v) is 6.87. The summed E-state index contributed by atoms with van der Waals surface area (Å²) in [5, 5.41) is 0. The Morgan fingerprint density at radius 1 is 1.40 bits per heavy atom. The lowest BCUT2D eigenvalue weighted by molar-refractivity contribution is -0.130. The Morgan fingerprint density at radius 3 is 2.75 bits per heavy atom. The van der Waals surface area contributed by atoms with Crippen molar-refractivity contribution in [2.24, 2.45) is 5.73 Å². The van der Waals surface area contributed by atoms with E-state index in [4.69, 9.17) is 5.73 Å². The van der Waals surface area contributed by atoms with Crippen molar-refractivity contribution in [3.8, 4) is 0 Å². The van der Waals surface area contributed by atoms with E-state index in [9.17, 15) is 9.59 Å². The molecule has 1 aliphatic rings. The van der Waals surface area contributed by atoms with Crippen LogP contribution >= 0.6 is 0 Å². The van der Waals surface area contributed by atoms with Crippen LogP contribution in [0.4, 0.5) is 0 Å². The Kier molecular flexibility index (Phi) is 4.73. The summed E-state index contributed by atoms with van der Waals surface area (Å²) in [5.41, 5.74) is 5.79. The number of hydrogen-bond acceptors (Lipinski definition) is 4. The molecule has 1 aromatic heterocycles. The predicted octanol–water partition coefficient (Wildman–Crippen LogP) is -0.464. The number of likely N-dealkylation sites (N-methyl/N-ethyl adjacent to an activating group) is 1. The molecule has 7 nitrogen and oxygen atoms in total. The molecule has 0 aromatic carbocycles. The Labute approximate surface area is 118 Å². The molecule has 0 unspecified atom stereocenters. The summed E-state index contributed by atoms with van der Waals surface area (Å²) in [7, 11) is 1.62. The third-order valence-electron chi connectivity index (χ3n) is 3.42. The number of nitrogens with two attached hydrogens (primary N) is 1. The molecule has 110 valence electrons. The van der Waals surface area contributed by atoms with Crippen molar-refractivity contribution in [2.45, 2.75) is 19.4 Å². The first-order valence-electron chi connectivity index (χ1n) is 6.87. The van der Waals surface area contributed by atoms with Gasteiger partial charge in [0.2, 0.25) is 5.91 Å². The number of aromatic nitrogens is 2. The molecule has 2 N–H and O–H groups in total. The minimum absolute atomic E-state index is 0.000240. The Balaban J connectivity index is 1.91. The topological polar surface area (TPSA) is 84.5 Å². The predicted molar refractivity (Wildman–Crippen MR) is 74.1 cm³/mol. The molecule has 0 radical (unpaired) electrons. The highest BCUT2D eigenvalue weighted by Crippen LogP contribution is 2.08. The maximum atomic E-state index is 12.2. The summed E-state index contributed by atoms with van der Waals surface area (Å²) in [5.74, 6) is -0.243. The first-order chi connectivity index (χ1) is 9.61. The van der Waals surface area contributed by atoms with Crippen LogP contribution in [0.15, 0.2) is 12.5 Å². The second-order valence-electron chi connectivity index (χ2n) is 5.03. The fraction of sp³-hybridized carbons (Fsp3) is 0.615. The van der Waals surface area contributed by atoms with E-state index in [0.717, 1.165) is 25.9 Å². The van der Waals surface area contributed by atoms with E-state index in [0.29, 0.717) is 18.8 Å². The van der Waals surface area contributed by atoms with Crippen molar-refractivity contribution in [3.63, 3.8) is 0 Å². The van der Waals surface area contributed by atoms with Gasteiger partial charge < -0.3 is 20.1 Å². The number of hydrogen-bond donors (Lipinski definition) is 1. The second-order valence-corrected chi connectivity index (χ2v) is 5.03. The standard InChI is InChI=1S/C13H21N5O2/c1-16(9-12(19)18-5-2-3-6-18)13(20)11-8-17(7-4-14)10-15-11/h8,10H,2-7,9,14H2,1H3. The maximum Gasteiger partial charge on any atom is 0.274 e. The minimum atomic E-state index is -0.242. The highest BCUT2D eigenvalue weighted by molar-refractivity contribution is 5.94. The molecule has 2 rings (SSSR count). The number of carbonyl (C=O) groups excluding carboxylic acids is 2. The van der Waals surface area contributed by atoms with E-state index in [-0.39, 0.29) is 18.4 Å². The van der Waals surface area contributed by atoms with Crippen LogP contribution in [0.2, 0.25) is 0 Å². The van der Waals surface area contributed by atoms with Gasteiger partial charge in [-0.05, 0) is 12.8 Å². The number of amides is 2. The van der Waals surface area contributed by atoms with E-state index in [1.54, 1.807) is 29.0 Å². The van der Waals surface area contributed by atoms with Crippen LogP contribution in [0.3, 0.4) is 0 Å². The van der Waals surface area contributed by atoms with Crippen molar-refractivity contribution < 1.29 is 9.59 Å². The van der Waals surface area contributed by atoms with Crippen molar-refractivity contribution in [1.82, 2.24) is 19.4 Å². The SMILES string of the molecule is CN(CC(=O)N1CCCC1)C(=O)c1cn(CCN)cn1. The van der Waals surface area contributed by atoms with Crippen LogP contribution in [0.25, 0.3) is 0 Å². The fourth-order valence-electron chi connectivity index (χ4n) is 2.28. The lowest BCUT2D eigenvalue weighted by Gasteiger charge is -2.20. The average molecular weight is 279 g/mol. The van der Waals surface area contributed by atoms with Crippen LogP contribution in [0.1, 0.15) is 23.3 Å². The van der Waals surface area contributed by atoms with Crippen molar-refractivity contribution in [1.29, 1.82) is 0 Å². The van der Waals surface area contributed by atoms with Crippen molar-refractivity contribution in [3.05, 3.63) is 18.2 Å². The van der Waals surface area contributed by atoms with Gasteiger partial charge in [-0.3, -0.25) is 9.59 Å². The Hall–Kier alpha value is -1.89. The maximum absolute atomic E-state index is 12.2. The van der Waals surface area contributed by atoms with Gasteiger partial charge >= 0.3 is 0 Å². The van der Waals surface area contributed by atoms with E-state index < -0.39 is 0 Å². The lowest BCUT2D eigenvalue weighted by Crippen LogP contribution is -2.39. The van der Waals surface area contributed by atoms with Crippen LogP contribution in [0.5, 0.6) is 0 Å². The molecule has 0 saturated carbocycles. The zero-order valence-corrected chi connectivity index (χ0v) is 11.8. The van der Waals surface area contributed by atoms with Crippen LogP contribution in [-0.4, -0.2) is 64.4 Å². The molecule has 1 fully saturated rings. The van der Waals surface area contributed by atoms with E-state index in [1.165, 1.54) is 4.90 Å². The van der Waals surface area contributed by atoms with Gasteiger partial charge in [-0.2, -0.15) is 0 Å². The number of likely N-dealkylation sites (tertiary alicyclic amines) is 1. The van der Waals surface area contributed by atoms with Gasteiger partial charge in [0.1, 0.15) is 5.69 Å². The highest BCUT2D eigenvalue weighted by Gasteiger charge is 2.22. The lowest BCUT2D eigenvalue weighted by atomic mass is 10.3. The van der Waals surface area contributed by atoms with Gasteiger partial charge in [0, 0.05) is 39.4 Å². The third-order valence-corrected chi connectivity index (χ3v) is 3.42. The molecule has 2 amide bonds. The summed E-state index contributed by atoms with van der Waals surface area (Å²) >= 11 is 0. The molecule has 0 spiro atoms. The monoisotopic (exact) mass is 279 g/mol. The summed E-state index contributed by atoms with van der Waals surface area (Å²) in [6.45, 7) is 2.81. The molecule has 1 aliphatic heterocycles. The molecule has 0 aliphatic carbocycles. The normalized spacial score (nSPS) is 14.6. The van der Waals surface area contributed by atoms with Crippen LogP contribution < -0.4 is 5.73 Å². The van der Waals surface area contributed by atoms with Gasteiger partial charge in [0.05, 0.1) is 12.9 Å². The van der Waals surface area contributed by atoms with Crippen molar-refractivity contribution in [2.75, 3.05) is 33.2 Å². The first kappa shape index (κ1) is 14.5. The molecule has 0 atom stereocenters. The summed E-state index contributed by atoms with van der Waals surface area (Å²) in [4.78, 5) is 31.4. The zero-order valence-electron chi connectivity index (χ0n) is 11.8. The smallest absolute Gasteiger partial charge is 0.274 e. The van der Waals surface area contributed by atoms with Crippen LogP contribution in [0, 0.1) is 0 Å². The zero-order chi connectivity index (χ0) is 14.5. The number of carbonyl (C=O) groups is 2. The molecular formula is C13H21N5O2. The molecule has 0 bridgehead atoms. The molecule has 20 heavy (non-hydrogen) atoms. The van der Waals surface area contributed by atoms with Gasteiger partial charge in [-0.15, -0.1) is 0 Å². The average Bonchev–Trinajstić information content (AvgIpc) is 3.09.